The first-order valence-electron chi connectivity index (χ1n) is 5.94. The number of hydrogen-bond acceptors (Lipinski definition) is 1. The van der Waals surface area contributed by atoms with Crippen LogP contribution in [0.15, 0.2) is 54.6 Å². The van der Waals surface area contributed by atoms with Crippen LogP contribution in [0.25, 0.3) is 21.5 Å². The molecule has 1 unspecified atom stereocenters. The van der Waals surface area contributed by atoms with Gasteiger partial charge in [-0.3, -0.25) is 0 Å². The molecule has 82 valence electrons. The van der Waals surface area contributed by atoms with Crippen LogP contribution in [-0.4, -0.2) is 6.61 Å². The summed E-state index contributed by atoms with van der Waals surface area (Å²) in [6, 6.07) is 19.6. The van der Waals surface area contributed by atoms with E-state index < -0.39 is 0 Å². The molecule has 1 heteroatoms. The van der Waals surface area contributed by atoms with Crippen molar-refractivity contribution in [1.82, 2.24) is 0 Å². The van der Waals surface area contributed by atoms with Gasteiger partial charge in [0.2, 0.25) is 0 Å². The fourth-order valence-electron chi connectivity index (χ4n) is 2.40. The van der Waals surface area contributed by atoms with Gasteiger partial charge in [0.1, 0.15) is 6.10 Å². The van der Waals surface area contributed by atoms with Crippen molar-refractivity contribution in [2.45, 2.75) is 6.10 Å². The van der Waals surface area contributed by atoms with Gasteiger partial charge in [0, 0.05) is 0 Å². The second-order valence-corrected chi connectivity index (χ2v) is 4.63. The Hall–Kier alpha value is -1.86. The zero-order valence-corrected chi connectivity index (χ0v) is 9.39. The Labute approximate surface area is 99.6 Å². The van der Waals surface area contributed by atoms with Crippen LogP contribution in [0, 0.1) is 0 Å². The first-order chi connectivity index (χ1) is 8.40. The van der Waals surface area contributed by atoms with Crippen LogP contribution in [0.3, 0.4) is 0 Å². The van der Waals surface area contributed by atoms with Gasteiger partial charge in [-0.15, -0.1) is 0 Å². The van der Waals surface area contributed by atoms with E-state index in [0.29, 0.717) is 6.10 Å². The topological polar surface area (TPSA) is 12.5 Å². The Morgan fingerprint density at radius 3 is 2.12 bits per heavy atom. The second-order valence-electron chi connectivity index (χ2n) is 4.63. The maximum atomic E-state index is 5.33. The Kier molecular flexibility index (Phi) is 1.79. The van der Waals surface area contributed by atoms with Gasteiger partial charge in [-0.1, -0.05) is 36.4 Å². The van der Waals surface area contributed by atoms with Crippen LogP contribution in [-0.2, 0) is 4.74 Å². The predicted molar refractivity (Wildman–Crippen MR) is 70.1 cm³/mol. The standard InChI is InChI=1S/C16H12O/c1-2-4-12-8-15-9-14(16-10-17-16)6-5-13(15)7-11(12)3-1/h1-9,16H,10H2. The highest BCUT2D eigenvalue weighted by atomic mass is 16.6. The summed E-state index contributed by atoms with van der Waals surface area (Å²) in [5.41, 5.74) is 1.30. The average molecular weight is 220 g/mol. The lowest BCUT2D eigenvalue weighted by Crippen LogP contribution is -1.82. The minimum absolute atomic E-state index is 0.339. The van der Waals surface area contributed by atoms with E-state index >= 15 is 0 Å². The van der Waals surface area contributed by atoms with Crippen molar-refractivity contribution >= 4 is 21.5 Å². The number of rotatable bonds is 1. The lowest BCUT2D eigenvalue weighted by Gasteiger charge is -2.04. The summed E-state index contributed by atoms with van der Waals surface area (Å²) in [6.07, 6.45) is 0.339. The van der Waals surface area contributed by atoms with Crippen LogP contribution in [0.1, 0.15) is 11.7 Å². The highest BCUT2D eigenvalue weighted by molar-refractivity contribution is 5.98. The van der Waals surface area contributed by atoms with E-state index in [2.05, 4.69) is 54.6 Å². The third-order valence-corrected chi connectivity index (χ3v) is 3.43. The Morgan fingerprint density at radius 2 is 1.41 bits per heavy atom. The Balaban J connectivity index is 2.02. The van der Waals surface area contributed by atoms with E-state index in [1.54, 1.807) is 0 Å². The third-order valence-electron chi connectivity index (χ3n) is 3.43. The number of epoxide rings is 1. The van der Waals surface area contributed by atoms with E-state index in [-0.39, 0.29) is 0 Å². The average Bonchev–Trinajstić information content (AvgIpc) is 3.20. The van der Waals surface area contributed by atoms with Gasteiger partial charge in [-0.2, -0.15) is 0 Å². The van der Waals surface area contributed by atoms with Gasteiger partial charge in [0.05, 0.1) is 6.61 Å². The molecule has 0 aromatic heterocycles. The number of benzene rings is 3. The molecule has 1 aliphatic rings. The first-order valence-corrected chi connectivity index (χ1v) is 5.94. The molecule has 0 amide bonds. The molecule has 1 aliphatic heterocycles. The van der Waals surface area contributed by atoms with Gasteiger partial charge in [-0.25, -0.2) is 0 Å². The van der Waals surface area contributed by atoms with Gasteiger partial charge >= 0.3 is 0 Å². The molecule has 0 saturated carbocycles. The predicted octanol–water partition coefficient (Wildman–Crippen LogP) is 4.06. The van der Waals surface area contributed by atoms with E-state index in [1.807, 2.05) is 0 Å². The third kappa shape index (κ3) is 1.51. The maximum absolute atomic E-state index is 5.33. The summed E-state index contributed by atoms with van der Waals surface area (Å²) < 4.78 is 5.33. The molecule has 0 radical (unpaired) electrons. The molecule has 1 heterocycles. The fourth-order valence-corrected chi connectivity index (χ4v) is 2.40. The molecule has 0 N–H and O–H groups in total. The van der Waals surface area contributed by atoms with E-state index in [4.69, 9.17) is 4.74 Å². The van der Waals surface area contributed by atoms with Gasteiger partial charge in [0.15, 0.2) is 0 Å². The molecule has 1 saturated heterocycles. The van der Waals surface area contributed by atoms with Crippen LogP contribution >= 0.6 is 0 Å². The van der Waals surface area contributed by atoms with Gasteiger partial charge < -0.3 is 4.74 Å². The molecular formula is C16H12O. The summed E-state index contributed by atoms with van der Waals surface area (Å²) in [5.74, 6) is 0. The molecular weight excluding hydrogens is 208 g/mol. The van der Waals surface area contributed by atoms with E-state index in [9.17, 15) is 0 Å². The van der Waals surface area contributed by atoms with Crippen LogP contribution < -0.4 is 0 Å². The summed E-state index contributed by atoms with van der Waals surface area (Å²) in [6.45, 7) is 0.874. The highest BCUT2D eigenvalue weighted by Gasteiger charge is 2.24. The molecule has 0 aliphatic carbocycles. The number of ether oxygens (including phenoxy) is 1. The molecule has 0 spiro atoms. The summed E-state index contributed by atoms with van der Waals surface area (Å²) in [7, 11) is 0. The van der Waals surface area contributed by atoms with Crippen LogP contribution in [0.4, 0.5) is 0 Å². The normalized spacial score (nSPS) is 18.7. The first kappa shape index (κ1) is 9.20. The maximum Gasteiger partial charge on any atom is 0.106 e. The molecule has 17 heavy (non-hydrogen) atoms. The van der Waals surface area contributed by atoms with Crippen molar-refractivity contribution in [2.75, 3.05) is 6.61 Å². The lowest BCUT2D eigenvalue weighted by molar-refractivity contribution is 0.416. The van der Waals surface area contributed by atoms with Crippen molar-refractivity contribution in [1.29, 1.82) is 0 Å². The van der Waals surface area contributed by atoms with Crippen LogP contribution in [0.5, 0.6) is 0 Å². The Bertz CT molecular complexity index is 711. The monoisotopic (exact) mass is 220 g/mol. The van der Waals surface area contributed by atoms with E-state index in [1.165, 1.54) is 27.1 Å². The quantitative estimate of drug-likeness (QED) is 0.445. The second kappa shape index (κ2) is 3.31. The molecule has 1 atom stereocenters. The smallest absolute Gasteiger partial charge is 0.106 e. The van der Waals surface area contributed by atoms with Gasteiger partial charge in [0.25, 0.3) is 0 Å². The number of fused-ring (bicyclic) bond motifs is 2. The summed E-state index contributed by atoms with van der Waals surface area (Å²) in [4.78, 5) is 0. The highest BCUT2D eigenvalue weighted by Crippen LogP contribution is 2.32. The zero-order valence-electron chi connectivity index (χ0n) is 9.39. The number of hydrogen-bond donors (Lipinski definition) is 0. The minimum atomic E-state index is 0.339. The van der Waals surface area contributed by atoms with Crippen molar-refractivity contribution in [3.63, 3.8) is 0 Å². The largest absolute Gasteiger partial charge is 0.368 e. The molecule has 4 rings (SSSR count). The molecule has 1 fully saturated rings. The molecule has 0 bridgehead atoms. The van der Waals surface area contributed by atoms with Crippen molar-refractivity contribution in [3.05, 3.63) is 60.2 Å². The molecule has 3 aromatic carbocycles. The molecule has 3 aromatic rings. The minimum Gasteiger partial charge on any atom is -0.368 e. The van der Waals surface area contributed by atoms with Gasteiger partial charge in [-0.05, 0) is 45.3 Å². The SMILES string of the molecule is c1ccc2cc3cc(C4CO4)ccc3cc2c1. The zero-order chi connectivity index (χ0) is 11.2. The van der Waals surface area contributed by atoms with Crippen molar-refractivity contribution in [2.24, 2.45) is 0 Å². The van der Waals surface area contributed by atoms with Crippen molar-refractivity contribution < 1.29 is 4.74 Å². The molecule has 1 nitrogen and oxygen atoms in total. The van der Waals surface area contributed by atoms with E-state index in [0.717, 1.165) is 6.61 Å². The summed E-state index contributed by atoms with van der Waals surface area (Å²) >= 11 is 0. The fraction of sp³-hybridized carbons (Fsp3) is 0.125. The van der Waals surface area contributed by atoms with Crippen LogP contribution in [0.2, 0.25) is 0 Å². The lowest BCUT2D eigenvalue weighted by atomic mass is 10.0. The summed E-state index contributed by atoms with van der Waals surface area (Å²) in [5, 5.41) is 5.20. The van der Waals surface area contributed by atoms with Crippen molar-refractivity contribution in [3.8, 4) is 0 Å². The Morgan fingerprint density at radius 1 is 0.765 bits per heavy atom.